The van der Waals surface area contributed by atoms with Crippen molar-refractivity contribution in [2.75, 3.05) is 6.61 Å². The molecule has 90 valence electrons. The maximum atomic E-state index is 10.4. The summed E-state index contributed by atoms with van der Waals surface area (Å²) >= 11 is 0. The fourth-order valence-corrected chi connectivity index (χ4v) is 2.36. The van der Waals surface area contributed by atoms with Crippen LogP contribution < -0.4 is 4.74 Å². The smallest absolute Gasteiger partial charge is 0.341 e. The zero-order valence-corrected chi connectivity index (χ0v) is 9.67. The predicted octanol–water partition coefficient (Wildman–Crippen LogP) is 2.67. The van der Waals surface area contributed by atoms with Crippen molar-refractivity contribution in [3.05, 3.63) is 65.3 Å². The van der Waals surface area contributed by atoms with E-state index in [2.05, 4.69) is 24.3 Å². The first-order chi connectivity index (χ1) is 8.74. The molecule has 18 heavy (non-hydrogen) atoms. The van der Waals surface area contributed by atoms with Crippen molar-refractivity contribution in [3.8, 4) is 5.75 Å². The lowest BCUT2D eigenvalue weighted by atomic mass is 9.93. The van der Waals surface area contributed by atoms with Gasteiger partial charge >= 0.3 is 5.97 Å². The lowest BCUT2D eigenvalue weighted by molar-refractivity contribution is -0.139. The molecule has 2 aliphatic rings. The van der Waals surface area contributed by atoms with E-state index in [-0.39, 0.29) is 6.61 Å². The van der Waals surface area contributed by atoms with Crippen molar-refractivity contribution < 1.29 is 14.6 Å². The molecule has 0 saturated heterocycles. The van der Waals surface area contributed by atoms with Gasteiger partial charge in [0, 0.05) is 5.92 Å². The number of allylic oxidation sites excluding steroid dienone is 6. The van der Waals surface area contributed by atoms with Crippen molar-refractivity contribution in [2.45, 2.75) is 5.92 Å². The van der Waals surface area contributed by atoms with Crippen LogP contribution in [0.15, 0.2) is 59.7 Å². The number of carboxylic acids is 1. The summed E-state index contributed by atoms with van der Waals surface area (Å²) in [7, 11) is 0. The van der Waals surface area contributed by atoms with Gasteiger partial charge in [-0.05, 0) is 28.8 Å². The summed E-state index contributed by atoms with van der Waals surface area (Å²) in [5, 5.41) is 8.53. The third-order valence-electron chi connectivity index (χ3n) is 3.18. The van der Waals surface area contributed by atoms with E-state index in [9.17, 15) is 4.79 Å². The van der Waals surface area contributed by atoms with E-state index in [0.717, 1.165) is 0 Å². The minimum absolute atomic E-state index is 0.305. The van der Waals surface area contributed by atoms with E-state index in [1.54, 1.807) is 0 Å². The highest BCUT2D eigenvalue weighted by Crippen LogP contribution is 2.42. The molecule has 0 aliphatic heterocycles. The molecule has 0 fully saturated rings. The molecule has 2 aliphatic carbocycles. The van der Waals surface area contributed by atoms with Gasteiger partial charge in [-0.2, -0.15) is 0 Å². The van der Waals surface area contributed by atoms with Crippen LogP contribution in [0.1, 0.15) is 11.5 Å². The van der Waals surface area contributed by atoms with Crippen LogP contribution in [-0.2, 0) is 4.79 Å². The molecule has 0 heterocycles. The summed E-state index contributed by atoms with van der Waals surface area (Å²) < 4.78 is 5.11. The Morgan fingerprint density at radius 1 is 1.11 bits per heavy atom. The summed E-state index contributed by atoms with van der Waals surface area (Å²) in [5.74, 6) is -0.0339. The molecule has 0 radical (unpaired) electrons. The first kappa shape index (κ1) is 10.8. The Labute approximate surface area is 105 Å². The van der Waals surface area contributed by atoms with E-state index < -0.39 is 5.97 Å². The van der Waals surface area contributed by atoms with Gasteiger partial charge in [0.15, 0.2) is 6.61 Å². The minimum atomic E-state index is -0.965. The second kappa shape index (κ2) is 4.18. The van der Waals surface area contributed by atoms with E-state index in [0.29, 0.717) is 11.7 Å². The van der Waals surface area contributed by atoms with Gasteiger partial charge in [0.1, 0.15) is 5.75 Å². The molecule has 1 aromatic carbocycles. The average molecular weight is 240 g/mol. The number of benzene rings is 1. The highest BCUT2D eigenvalue weighted by Gasteiger charge is 2.25. The lowest BCUT2D eigenvalue weighted by Gasteiger charge is -2.12. The summed E-state index contributed by atoms with van der Waals surface area (Å²) in [6.07, 6.45) is 8.54. The molecule has 0 saturated carbocycles. The topological polar surface area (TPSA) is 46.5 Å². The highest BCUT2D eigenvalue weighted by atomic mass is 16.5. The molecule has 0 unspecified atom stereocenters. The number of rotatable bonds is 4. The monoisotopic (exact) mass is 240 g/mol. The third-order valence-corrected chi connectivity index (χ3v) is 3.18. The van der Waals surface area contributed by atoms with Crippen LogP contribution in [0.5, 0.6) is 5.75 Å². The van der Waals surface area contributed by atoms with Gasteiger partial charge in [-0.25, -0.2) is 4.79 Å². The van der Waals surface area contributed by atoms with E-state index >= 15 is 0 Å². The van der Waals surface area contributed by atoms with Crippen LogP contribution in [0.4, 0.5) is 0 Å². The minimum Gasteiger partial charge on any atom is -0.482 e. The Kier molecular flexibility index (Phi) is 2.52. The first-order valence-corrected chi connectivity index (χ1v) is 5.78. The van der Waals surface area contributed by atoms with Gasteiger partial charge in [-0.1, -0.05) is 36.4 Å². The molecular weight excluding hydrogens is 228 g/mol. The van der Waals surface area contributed by atoms with Crippen molar-refractivity contribution >= 4 is 5.97 Å². The normalized spacial score (nSPS) is 16.7. The average Bonchev–Trinajstić information content (AvgIpc) is 2.97. The van der Waals surface area contributed by atoms with Crippen LogP contribution in [0.3, 0.4) is 0 Å². The van der Waals surface area contributed by atoms with Crippen LogP contribution in [0, 0.1) is 0 Å². The van der Waals surface area contributed by atoms with Gasteiger partial charge in [0.2, 0.25) is 0 Å². The van der Waals surface area contributed by atoms with Crippen molar-refractivity contribution in [1.82, 2.24) is 0 Å². The number of fused-ring (bicyclic) bond motifs is 2. The Hall–Kier alpha value is -2.29. The van der Waals surface area contributed by atoms with Crippen molar-refractivity contribution in [2.24, 2.45) is 0 Å². The third kappa shape index (κ3) is 1.84. The van der Waals surface area contributed by atoms with Crippen LogP contribution in [-0.4, -0.2) is 17.7 Å². The molecule has 0 aromatic heterocycles. The fraction of sp³-hybridized carbons (Fsp3) is 0.133. The molecule has 3 nitrogen and oxygen atoms in total. The zero-order chi connectivity index (χ0) is 12.5. The number of carboxylic acid groups (broad SMARTS) is 1. The van der Waals surface area contributed by atoms with Gasteiger partial charge in [0.25, 0.3) is 0 Å². The molecule has 1 N–H and O–H groups in total. The summed E-state index contributed by atoms with van der Waals surface area (Å²) in [5.41, 5.74) is 3.83. The van der Waals surface area contributed by atoms with Crippen LogP contribution in [0.2, 0.25) is 0 Å². The predicted molar refractivity (Wildman–Crippen MR) is 67.6 cm³/mol. The molecule has 0 amide bonds. The SMILES string of the molecule is O=C(O)COc1ccc(C2C3=CC=C2C=C3)cc1. The van der Waals surface area contributed by atoms with Crippen LogP contribution >= 0.6 is 0 Å². The highest BCUT2D eigenvalue weighted by molar-refractivity contribution is 5.68. The van der Waals surface area contributed by atoms with E-state index in [1.165, 1.54) is 16.7 Å². The molecule has 3 heteroatoms. The van der Waals surface area contributed by atoms with Crippen molar-refractivity contribution in [3.63, 3.8) is 0 Å². The standard InChI is InChI=1S/C15H12O3/c16-14(17)9-18-13-7-5-12(6-8-13)15-10-1-2-11(15)4-3-10/h1-8,15H,9H2,(H,16,17). The quantitative estimate of drug-likeness (QED) is 0.880. The van der Waals surface area contributed by atoms with Gasteiger partial charge in [0.05, 0.1) is 0 Å². The van der Waals surface area contributed by atoms with E-state index in [4.69, 9.17) is 9.84 Å². The first-order valence-electron chi connectivity index (χ1n) is 5.78. The maximum Gasteiger partial charge on any atom is 0.341 e. The van der Waals surface area contributed by atoms with Crippen LogP contribution in [0.25, 0.3) is 0 Å². The summed E-state index contributed by atoms with van der Waals surface area (Å²) in [6.45, 7) is -0.305. The molecular formula is C15H12O3. The summed E-state index contributed by atoms with van der Waals surface area (Å²) in [4.78, 5) is 10.4. The van der Waals surface area contributed by atoms with Gasteiger partial charge in [-0.15, -0.1) is 0 Å². The second-order valence-electron chi connectivity index (χ2n) is 4.35. The molecule has 0 spiro atoms. The van der Waals surface area contributed by atoms with Gasteiger partial charge in [-0.3, -0.25) is 0 Å². The van der Waals surface area contributed by atoms with Gasteiger partial charge < -0.3 is 9.84 Å². The zero-order valence-electron chi connectivity index (χ0n) is 9.67. The lowest BCUT2D eigenvalue weighted by Crippen LogP contribution is -2.09. The van der Waals surface area contributed by atoms with E-state index in [1.807, 2.05) is 24.3 Å². The number of hydrogen-bond acceptors (Lipinski definition) is 2. The molecule has 1 aromatic rings. The summed E-state index contributed by atoms with van der Waals surface area (Å²) in [6, 6.07) is 7.61. The van der Waals surface area contributed by atoms with Crippen molar-refractivity contribution in [1.29, 1.82) is 0 Å². The Balaban J connectivity index is 1.75. The fourth-order valence-electron chi connectivity index (χ4n) is 2.36. The largest absolute Gasteiger partial charge is 0.482 e. The molecule has 2 bridgehead atoms. The second-order valence-corrected chi connectivity index (χ2v) is 4.35. The maximum absolute atomic E-state index is 10.4. The Bertz CT molecular complexity index is 554. The Morgan fingerprint density at radius 2 is 1.72 bits per heavy atom. The number of ether oxygens (including phenoxy) is 1. The molecule has 3 rings (SSSR count). The Morgan fingerprint density at radius 3 is 2.22 bits per heavy atom. The number of hydrogen-bond donors (Lipinski definition) is 1. The number of aliphatic carboxylic acids is 1. The molecule has 0 atom stereocenters. The number of carbonyl (C=O) groups is 1.